The molecule has 0 atom stereocenters. The number of nitrogens with one attached hydrogen (secondary N) is 1. The first kappa shape index (κ1) is 10.1. The molecule has 16 heavy (non-hydrogen) atoms. The fraction of sp³-hybridized carbons (Fsp3) is 0.308. The zero-order valence-corrected chi connectivity index (χ0v) is 10.4. The summed E-state index contributed by atoms with van der Waals surface area (Å²) >= 11 is 3.50. The van der Waals surface area contributed by atoms with Gasteiger partial charge in [-0.25, -0.2) is 0 Å². The Labute approximate surface area is 102 Å². The lowest BCUT2D eigenvalue weighted by Gasteiger charge is -1.99. The minimum Gasteiger partial charge on any atom is -0.360 e. The molecular formula is C13H12BrNO. The number of carbonyl (C=O) groups is 1. The second kappa shape index (κ2) is 3.74. The summed E-state index contributed by atoms with van der Waals surface area (Å²) in [6.07, 6.45) is 4.97. The van der Waals surface area contributed by atoms with Gasteiger partial charge >= 0.3 is 0 Å². The van der Waals surface area contributed by atoms with Gasteiger partial charge < -0.3 is 4.98 Å². The molecule has 0 saturated heterocycles. The van der Waals surface area contributed by atoms with Gasteiger partial charge in [0.15, 0.2) is 5.78 Å². The summed E-state index contributed by atoms with van der Waals surface area (Å²) in [5.74, 6) is 0.903. The van der Waals surface area contributed by atoms with Crippen molar-refractivity contribution in [2.24, 2.45) is 5.92 Å². The molecule has 1 aliphatic carbocycles. The summed E-state index contributed by atoms with van der Waals surface area (Å²) in [6, 6.07) is 5.94. The number of hydrogen-bond donors (Lipinski definition) is 1. The van der Waals surface area contributed by atoms with Crippen molar-refractivity contribution in [2.45, 2.75) is 19.3 Å². The Kier molecular flexibility index (Phi) is 2.36. The van der Waals surface area contributed by atoms with Crippen molar-refractivity contribution in [3.63, 3.8) is 0 Å². The van der Waals surface area contributed by atoms with Gasteiger partial charge in [-0.2, -0.15) is 0 Å². The smallest absolute Gasteiger partial charge is 0.165 e. The first-order valence-electron chi connectivity index (χ1n) is 5.54. The van der Waals surface area contributed by atoms with Gasteiger partial charge in [0.2, 0.25) is 0 Å². The SMILES string of the molecule is O=C(CC1CC1)c1c[nH]c2cccc(Br)c12. The summed E-state index contributed by atoms with van der Waals surface area (Å²) in [5, 5.41) is 1.02. The van der Waals surface area contributed by atoms with Crippen LogP contribution < -0.4 is 0 Å². The highest BCUT2D eigenvalue weighted by Gasteiger charge is 2.26. The molecule has 1 heterocycles. The molecule has 0 amide bonds. The van der Waals surface area contributed by atoms with E-state index in [0.29, 0.717) is 12.3 Å². The third kappa shape index (κ3) is 1.69. The molecule has 1 N–H and O–H groups in total. The van der Waals surface area contributed by atoms with Crippen LogP contribution >= 0.6 is 15.9 Å². The van der Waals surface area contributed by atoms with E-state index in [4.69, 9.17) is 0 Å². The summed E-state index contributed by atoms with van der Waals surface area (Å²) in [7, 11) is 0. The van der Waals surface area contributed by atoms with Gasteiger partial charge in [-0.05, 0) is 30.9 Å². The van der Waals surface area contributed by atoms with E-state index in [2.05, 4.69) is 20.9 Å². The van der Waals surface area contributed by atoms with Gasteiger partial charge in [0, 0.05) is 33.6 Å². The minimum absolute atomic E-state index is 0.264. The van der Waals surface area contributed by atoms with Gasteiger partial charge in [0.1, 0.15) is 0 Å². The summed E-state index contributed by atoms with van der Waals surface area (Å²) in [6.45, 7) is 0. The molecule has 1 saturated carbocycles. The molecule has 1 fully saturated rings. The molecule has 0 spiro atoms. The Morgan fingerprint density at radius 3 is 3.00 bits per heavy atom. The Balaban J connectivity index is 2.05. The number of rotatable bonds is 3. The number of ketones is 1. The van der Waals surface area contributed by atoms with Crippen molar-refractivity contribution in [3.05, 3.63) is 34.4 Å². The maximum atomic E-state index is 12.1. The number of H-pyrrole nitrogens is 1. The number of aromatic amines is 1. The Hall–Kier alpha value is -1.09. The molecule has 0 bridgehead atoms. The molecule has 1 aliphatic rings. The first-order chi connectivity index (χ1) is 7.75. The summed E-state index contributed by atoms with van der Waals surface area (Å²) in [5.41, 5.74) is 1.85. The van der Waals surface area contributed by atoms with E-state index in [9.17, 15) is 4.79 Å². The fourth-order valence-electron chi connectivity index (χ4n) is 2.05. The van der Waals surface area contributed by atoms with Crippen LogP contribution in [0.3, 0.4) is 0 Å². The number of halogens is 1. The lowest BCUT2D eigenvalue weighted by Crippen LogP contribution is -1.98. The van der Waals surface area contributed by atoms with E-state index < -0.39 is 0 Å². The van der Waals surface area contributed by atoms with Gasteiger partial charge in [-0.3, -0.25) is 4.79 Å². The van der Waals surface area contributed by atoms with E-state index >= 15 is 0 Å². The number of Topliss-reactive ketones (excluding diaryl/α,β-unsaturated/α-hetero) is 1. The van der Waals surface area contributed by atoms with E-state index in [1.165, 1.54) is 12.8 Å². The first-order valence-corrected chi connectivity index (χ1v) is 6.34. The highest BCUT2D eigenvalue weighted by atomic mass is 79.9. The second-order valence-corrected chi connectivity index (χ2v) is 5.29. The van der Waals surface area contributed by atoms with Crippen molar-refractivity contribution in [2.75, 3.05) is 0 Å². The highest BCUT2D eigenvalue weighted by Crippen LogP contribution is 2.35. The molecule has 0 unspecified atom stereocenters. The van der Waals surface area contributed by atoms with Gasteiger partial charge in [-0.1, -0.05) is 22.0 Å². The largest absolute Gasteiger partial charge is 0.360 e. The number of benzene rings is 1. The topological polar surface area (TPSA) is 32.9 Å². The molecule has 82 valence electrons. The van der Waals surface area contributed by atoms with Crippen LogP contribution in [0.15, 0.2) is 28.9 Å². The predicted octanol–water partition coefficient (Wildman–Crippen LogP) is 3.91. The maximum absolute atomic E-state index is 12.1. The molecular weight excluding hydrogens is 266 g/mol. The van der Waals surface area contributed by atoms with Gasteiger partial charge in [0.25, 0.3) is 0 Å². The van der Waals surface area contributed by atoms with Crippen LogP contribution in [0.4, 0.5) is 0 Å². The van der Waals surface area contributed by atoms with Gasteiger partial charge in [-0.15, -0.1) is 0 Å². The number of carbonyl (C=O) groups excluding carboxylic acids is 1. The molecule has 1 aromatic carbocycles. The van der Waals surface area contributed by atoms with Crippen molar-refractivity contribution in [1.29, 1.82) is 0 Å². The van der Waals surface area contributed by atoms with Crippen LogP contribution in [-0.2, 0) is 0 Å². The van der Waals surface area contributed by atoms with E-state index in [1.807, 2.05) is 24.4 Å². The maximum Gasteiger partial charge on any atom is 0.165 e. The van der Waals surface area contributed by atoms with Crippen molar-refractivity contribution < 1.29 is 4.79 Å². The van der Waals surface area contributed by atoms with Crippen LogP contribution in [-0.4, -0.2) is 10.8 Å². The molecule has 1 aromatic heterocycles. The summed E-state index contributed by atoms with van der Waals surface area (Å²) < 4.78 is 0.991. The normalized spacial score (nSPS) is 15.6. The van der Waals surface area contributed by atoms with Crippen molar-refractivity contribution in [3.8, 4) is 0 Å². The molecule has 3 heteroatoms. The molecule has 0 radical (unpaired) electrons. The second-order valence-electron chi connectivity index (χ2n) is 4.44. The van der Waals surface area contributed by atoms with Crippen LogP contribution in [0.25, 0.3) is 10.9 Å². The molecule has 2 nitrogen and oxygen atoms in total. The minimum atomic E-state index is 0.264. The Morgan fingerprint density at radius 1 is 1.44 bits per heavy atom. The molecule has 0 aliphatic heterocycles. The van der Waals surface area contributed by atoms with Crippen LogP contribution in [0.1, 0.15) is 29.6 Å². The molecule has 3 rings (SSSR count). The Bertz CT molecular complexity index is 554. The van der Waals surface area contributed by atoms with Crippen molar-refractivity contribution in [1.82, 2.24) is 4.98 Å². The van der Waals surface area contributed by atoms with Crippen LogP contribution in [0.5, 0.6) is 0 Å². The highest BCUT2D eigenvalue weighted by molar-refractivity contribution is 9.10. The Morgan fingerprint density at radius 2 is 2.25 bits per heavy atom. The number of fused-ring (bicyclic) bond motifs is 1. The van der Waals surface area contributed by atoms with Crippen LogP contribution in [0.2, 0.25) is 0 Å². The third-order valence-corrected chi connectivity index (χ3v) is 3.79. The zero-order valence-electron chi connectivity index (χ0n) is 8.79. The standard InChI is InChI=1S/C13H12BrNO/c14-10-2-1-3-11-13(10)9(7-15-11)12(16)6-8-4-5-8/h1-3,7-8,15H,4-6H2. The zero-order chi connectivity index (χ0) is 11.1. The van der Waals surface area contributed by atoms with Crippen molar-refractivity contribution >= 4 is 32.6 Å². The quantitative estimate of drug-likeness (QED) is 0.848. The average Bonchev–Trinajstić information content (AvgIpc) is 2.96. The van der Waals surface area contributed by atoms with E-state index in [-0.39, 0.29) is 5.78 Å². The summed E-state index contributed by atoms with van der Waals surface area (Å²) in [4.78, 5) is 15.2. The number of aromatic nitrogens is 1. The predicted molar refractivity (Wildman–Crippen MR) is 67.7 cm³/mol. The lowest BCUT2D eigenvalue weighted by molar-refractivity contribution is 0.0977. The van der Waals surface area contributed by atoms with Gasteiger partial charge in [0.05, 0.1) is 0 Å². The van der Waals surface area contributed by atoms with Crippen LogP contribution in [0, 0.1) is 5.92 Å². The van der Waals surface area contributed by atoms with E-state index in [0.717, 1.165) is 20.9 Å². The third-order valence-electron chi connectivity index (χ3n) is 3.13. The molecule has 2 aromatic rings. The monoisotopic (exact) mass is 277 g/mol. The number of hydrogen-bond acceptors (Lipinski definition) is 1. The van der Waals surface area contributed by atoms with E-state index in [1.54, 1.807) is 0 Å². The average molecular weight is 278 g/mol. The fourth-order valence-corrected chi connectivity index (χ4v) is 2.63. The lowest BCUT2D eigenvalue weighted by atomic mass is 10.1.